The summed E-state index contributed by atoms with van der Waals surface area (Å²) in [6.45, 7) is 2.16. The number of rotatable bonds is 6. The summed E-state index contributed by atoms with van der Waals surface area (Å²) in [6, 6.07) is 16.1. The van der Waals surface area contributed by atoms with E-state index in [1.54, 1.807) is 11.8 Å². The van der Waals surface area contributed by atoms with Crippen LogP contribution in [0.4, 0.5) is 11.4 Å². The molecule has 0 bridgehead atoms. The van der Waals surface area contributed by atoms with Gasteiger partial charge in [-0.15, -0.1) is 11.8 Å². The van der Waals surface area contributed by atoms with Crippen LogP contribution >= 0.6 is 11.8 Å². The molecule has 1 saturated heterocycles. The van der Waals surface area contributed by atoms with Crippen LogP contribution in [-0.2, 0) is 16.0 Å². The smallest absolute Gasteiger partial charge is 0.238 e. The third-order valence-corrected chi connectivity index (χ3v) is 6.26. The molecule has 2 amide bonds. The molecule has 2 aliphatic rings. The summed E-state index contributed by atoms with van der Waals surface area (Å²) < 4.78 is 0. The lowest BCUT2D eigenvalue weighted by atomic mass is 10.1. The Labute approximate surface area is 164 Å². The molecule has 1 saturated carbocycles. The summed E-state index contributed by atoms with van der Waals surface area (Å²) in [5, 5.41) is 2.95. The SMILES string of the molecule is CCCc1ccccc1N1C(=O)CS[C@H]1c1ccc(NC(=O)C2CC2)cc1. The Morgan fingerprint density at radius 1 is 1.15 bits per heavy atom. The molecule has 1 aliphatic carbocycles. The minimum atomic E-state index is -0.0244. The molecule has 0 aromatic heterocycles. The van der Waals surface area contributed by atoms with Crippen LogP contribution in [0.2, 0.25) is 0 Å². The molecule has 1 N–H and O–H groups in total. The first-order valence-corrected chi connectivity index (χ1v) is 10.6. The van der Waals surface area contributed by atoms with Crippen LogP contribution in [0.3, 0.4) is 0 Å². The molecule has 0 radical (unpaired) electrons. The first-order valence-electron chi connectivity index (χ1n) is 9.59. The van der Waals surface area contributed by atoms with E-state index in [1.807, 2.05) is 47.4 Å². The van der Waals surface area contributed by atoms with Crippen LogP contribution in [0.15, 0.2) is 48.5 Å². The Kier molecular flexibility index (Phi) is 5.21. The van der Waals surface area contributed by atoms with E-state index in [2.05, 4.69) is 18.3 Å². The Bertz CT molecular complexity index is 846. The third-order valence-electron chi connectivity index (χ3n) is 5.05. The molecular formula is C22H24N2O2S. The molecule has 2 aromatic rings. The van der Waals surface area contributed by atoms with Gasteiger partial charge in [0, 0.05) is 17.3 Å². The van der Waals surface area contributed by atoms with Crippen molar-refractivity contribution in [2.24, 2.45) is 5.92 Å². The number of hydrogen-bond acceptors (Lipinski definition) is 3. The van der Waals surface area contributed by atoms with Gasteiger partial charge >= 0.3 is 0 Å². The van der Waals surface area contributed by atoms with E-state index in [0.29, 0.717) is 5.75 Å². The fourth-order valence-electron chi connectivity index (χ4n) is 3.48. The van der Waals surface area contributed by atoms with Crippen molar-refractivity contribution in [2.75, 3.05) is 16.0 Å². The van der Waals surface area contributed by atoms with Crippen LogP contribution in [-0.4, -0.2) is 17.6 Å². The third kappa shape index (κ3) is 3.88. The maximum absolute atomic E-state index is 12.7. The second-order valence-electron chi connectivity index (χ2n) is 7.19. The highest BCUT2D eigenvalue weighted by Gasteiger charge is 2.35. The number of hydrogen-bond donors (Lipinski definition) is 1. The number of amides is 2. The number of para-hydroxylation sites is 1. The van der Waals surface area contributed by atoms with Crippen molar-refractivity contribution in [3.8, 4) is 0 Å². The largest absolute Gasteiger partial charge is 0.326 e. The Morgan fingerprint density at radius 3 is 2.59 bits per heavy atom. The lowest BCUT2D eigenvalue weighted by Crippen LogP contribution is -2.28. The second kappa shape index (κ2) is 7.77. The van der Waals surface area contributed by atoms with E-state index < -0.39 is 0 Å². The molecule has 0 spiro atoms. The molecule has 0 unspecified atom stereocenters. The molecule has 27 heavy (non-hydrogen) atoms. The van der Waals surface area contributed by atoms with E-state index in [9.17, 15) is 9.59 Å². The molecule has 2 aromatic carbocycles. The average Bonchev–Trinajstić information content (AvgIpc) is 3.46. The molecule has 140 valence electrons. The zero-order valence-electron chi connectivity index (χ0n) is 15.5. The van der Waals surface area contributed by atoms with Gasteiger partial charge in [0.1, 0.15) is 5.37 Å². The van der Waals surface area contributed by atoms with Gasteiger partial charge in [0.2, 0.25) is 11.8 Å². The van der Waals surface area contributed by atoms with Crippen molar-refractivity contribution in [2.45, 2.75) is 38.0 Å². The minimum absolute atomic E-state index is 0.0244. The number of carbonyl (C=O) groups is 2. The maximum Gasteiger partial charge on any atom is 0.238 e. The molecular weight excluding hydrogens is 356 g/mol. The fraction of sp³-hybridized carbons (Fsp3) is 0.364. The lowest BCUT2D eigenvalue weighted by molar-refractivity contribution is -0.117. The van der Waals surface area contributed by atoms with Gasteiger partial charge in [-0.25, -0.2) is 0 Å². The molecule has 1 atom stereocenters. The van der Waals surface area contributed by atoms with Gasteiger partial charge in [-0.3, -0.25) is 14.5 Å². The average molecular weight is 381 g/mol. The highest BCUT2D eigenvalue weighted by atomic mass is 32.2. The lowest BCUT2D eigenvalue weighted by Gasteiger charge is -2.26. The van der Waals surface area contributed by atoms with Crippen LogP contribution in [0.1, 0.15) is 42.7 Å². The molecule has 5 heteroatoms. The van der Waals surface area contributed by atoms with Crippen LogP contribution in [0.5, 0.6) is 0 Å². The van der Waals surface area contributed by atoms with Crippen molar-refractivity contribution >= 4 is 35.0 Å². The summed E-state index contributed by atoms with van der Waals surface area (Å²) in [7, 11) is 0. The molecule has 1 aliphatic heterocycles. The molecule has 2 fully saturated rings. The Balaban J connectivity index is 1.57. The molecule has 1 heterocycles. The number of benzene rings is 2. The summed E-state index contributed by atoms with van der Waals surface area (Å²) in [6.07, 6.45) is 4.00. The first-order chi connectivity index (χ1) is 13.2. The van der Waals surface area contributed by atoms with Gasteiger partial charge in [-0.05, 0) is 48.6 Å². The van der Waals surface area contributed by atoms with Crippen LogP contribution in [0.25, 0.3) is 0 Å². The van der Waals surface area contributed by atoms with E-state index in [4.69, 9.17) is 0 Å². The summed E-state index contributed by atoms with van der Waals surface area (Å²) in [4.78, 5) is 26.5. The van der Waals surface area contributed by atoms with Gasteiger partial charge in [0.05, 0.1) is 5.75 Å². The van der Waals surface area contributed by atoms with Gasteiger partial charge < -0.3 is 5.32 Å². The predicted molar refractivity (Wildman–Crippen MR) is 111 cm³/mol. The maximum atomic E-state index is 12.7. The molecule has 4 rings (SSSR count). The van der Waals surface area contributed by atoms with Crippen molar-refractivity contribution in [3.63, 3.8) is 0 Å². The van der Waals surface area contributed by atoms with Crippen LogP contribution < -0.4 is 10.2 Å². The zero-order valence-corrected chi connectivity index (χ0v) is 16.3. The Hall–Kier alpha value is -2.27. The second-order valence-corrected chi connectivity index (χ2v) is 8.26. The van der Waals surface area contributed by atoms with E-state index >= 15 is 0 Å². The zero-order chi connectivity index (χ0) is 18.8. The van der Waals surface area contributed by atoms with E-state index in [-0.39, 0.29) is 23.1 Å². The number of nitrogens with one attached hydrogen (secondary N) is 1. The summed E-state index contributed by atoms with van der Waals surface area (Å²) in [5.74, 6) is 0.951. The van der Waals surface area contributed by atoms with Crippen molar-refractivity contribution < 1.29 is 9.59 Å². The predicted octanol–water partition coefficient (Wildman–Crippen LogP) is 4.77. The number of thioether (sulfide) groups is 1. The van der Waals surface area contributed by atoms with E-state index in [0.717, 1.165) is 42.6 Å². The number of nitrogens with zero attached hydrogens (tertiary/aromatic N) is 1. The highest BCUT2D eigenvalue weighted by Crippen LogP contribution is 2.43. The first kappa shape index (κ1) is 18.1. The number of aryl methyl sites for hydroxylation is 1. The fourth-order valence-corrected chi connectivity index (χ4v) is 4.65. The monoisotopic (exact) mass is 380 g/mol. The Morgan fingerprint density at radius 2 is 1.89 bits per heavy atom. The van der Waals surface area contributed by atoms with Gasteiger partial charge in [-0.2, -0.15) is 0 Å². The number of anilines is 2. The standard InChI is InChI=1S/C22H24N2O2S/c1-2-5-15-6-3-4-7-19(15)24-20(25)14-27-22(24)17-10-12-18(13-11-17)23-21(26)16-8-9-16/h3-4,6-7,10-13,16,22H,2,5,8-9,14H2,1H3,(H,23,26)/t22-/m0/s1. The van der Waals surface area contributed by atoms with Crippen molar-refractivity contribution in [1.82, 2.24) is 0 Å². The van der Waals surface area contributed by atoms with Gasteiger partial charge in [-0.1, -0.05) is 43.7 Å². The summed E-state index contributed by atoms with van der Waals surface area (Å²) >= 11 is 1.66. The highest BCUT2D eigenvalue weighted by molar-refractivity contribution is 8.00. The topological polar surface area (TPSA) is 49.4 Å². The minimum Gasteiger partial charge on any atom is -0.326 e. The summed E-state index contributed by atoms with van der Waals surface area (Å²) in [5.41, 5.74) is 4.14. The van der Waals surface area contributed by atoms with Gasteiger partial charge in [0.15, 0.2) is 0 Å². The van der Waals surface area contributed by atoms with E-state index in [1.165, 1.54) is 5.56 Å². The normalized spacial score (nSPS) is 19.4. The van der Waals surface area contributed by atoms with Gasteiger partial charge in [0.25, 0.3) is 0 Å². The van der Waals surface area contributed by atoms with Crippen molar-refractivity contribution in [1.29, 1.82) is 0 Å². The molecule has 4 nitrogen and oxygen atoms in total. The van der Waals surface area contributed by atoms with Crippen molar-refractivity contribution in [3.05, 3.63) is 59.7 Å². The quantitative estimate of drug-likeness (QED) is 0.786. The van der Waals surface area contributed by atoms with Crippen LogP contribution in [0, 0.1) is 5.92 Å². The number of carbonyl (C=O) groups excluding carboxylic acids is 2.